The largest absolute Gasteiger partial charge is 0.455 e. The van der Waals surface area contributed by atoms with Crippen LogP contribution >= 0.6 is 0 Å². The maximum absolute atomic E-state index is 7.04. The van der Waals surface area contributed by atoms with Crippen molar-refractivity contribution in [3.05, 3.63) is 181 Å². The second-order valence-electron chi connectivity index (χ2n) is 12.2. The van der Waals surface area contributed by atoms with E-state index in [1.54, 1.807) is 0 Å². The highest BCUT2D eigenvalue weighted by atomic mass is 16.5. The van der Waals surface area contributed by atoms with Crippen LogP contribution in [0, 0.1) is 0 Å². The van der Waals surface area contributed by atoms with Gasteiger partial charge in [-0.2, -0.15) is 0 Å². The average Bonchev–Trinajstić information content (AvgIpc) is 3.20. The molecule has 1 aromatic heterocycles. The van der Waals surface area contributed by atoms with Gasteiger partial charge in [0.25, 0.3) is 0 Å². The van der Waals surface area contributed by atoms with Crippen LogP contribution < -0.4 is 4.74 Å². The minimum Gasteiger partial charge on any atom is -0.455 e. The van der Waals surface area contributed by atoms with Crippen LogP contribution in [0.3, 0.4) is 0 Å². The number of hydrogen-bond acceptors (Lipinski definition) is 3. The second kappa shape index (κ2) is 12.2. The van der Waals surface area contributed by atoms with Crippen LogP contribution in [0.2, 0.25) is 0 Å². The Morgan fingerprint density at radius 1 is 0.388 bits per heavy atom. The summed E-state index contributed by atoms with van der Waals surface area (Å²) >= 11 is 0. The Morgan fingerprint density at radius 3 is 1.76 bits per heavy atom. The number of fused-ring (bicyclic) bond motifs is 8. The van der Waals surface area contributed by atoms with E-state index in [0.29, 0.717) is 5.82 Å². The lowest BCUT2D eigenvalue weighted by molar-refractivity contribution is 0.492. The minimum absolute atomic E-state index is 0.667. The molecule has 3 heteroatoms. The summed E-state index contributed by atoms with van der Waals surface area (Å²) in [5.74, 6) is 2.30. The molecule has 8 aromatic rings. The van der Waals surface area contributed by atoms with Crippen molar-refractivity contribution in [3.63, 3.8) is 0 Å². The zero-order valence-electron chi connectivity index (χ0n) is 26.6. The number of hydrogen-bond donors (Lipinski definition) is 0. The molecule has 0 unspecified atom stereocenters. The van der Waals surface area contributed by atoms with Gasteiger partial charge in [-0.1, -0.05) is 158 Å². The summed E-state index contributed by atoms with van der Waals surface area (Å²) in [6.07, 6.45) is 4.41. The van der Waals surface area contributed by atoms with Crippen molar-refractivity contribution in [1.82, 2.24) is 9.97 Å². The van der Waals surface area contributed by atoms with Gasteiger partial charge in [0, 0.05) is 33.2 Å². The van der Waals surface area contributed by atoms with Gasteiger partial charge in [-0.25, -0.2) is 9.97 Å². The smallest absolute Gasteiger partial charge is 0.160 e. The van der Waals surface area contributed by atoms with Gasteiger partial charge in [-0.15, -0.1) is 0 Å². The molecule has 2 heterocycles. The van der Waals surface area contributed by atoms with Crippen LogP contribution in [-0.2, 0) is 0 Å². The molecule has 0 bridgehead atoms. The third-order valence-corrected chi connectivity index (χ3v) is 9.14. The molecule has 0 spiro atoms. The standard InChI is InChI=1S/C46H30N2O/c1-3-15-34(16-4-1)42-30-43(35-17-5-2-6-18-35)48-46(47-42)36-26-25-33-24-23-31-13-7-9-19-37(31)39-21-11-12-22-44(39)49-45-38-20-10-8-14-32(38)27-28-40(45)41(33)29-36/h1-30H/b24-23-. The number of ether oxygens (including phenoxy) is 1. The van der Waals surface area contributed by atoms with Crippen molar-refractivity contribution in [2.75, 3.05) is 0 Å². The van der Waals surface area contributed by atoms with Gasteiger partial charge in [0.05, 0.1) is 11.4 Å². The van der Waals surface area contributed by atoms with E-state index in [1.165, 1.54) is 0 Å². The van der Waals surface area contributed by atoms with Crippen LogP contribution in [-0.4, -0.2) is 9.97 Å². The molecule has 1 aliphatic heterocycles. The lowest BCUT2D eigenvalue weighted by Crippen LogP contribution is -1.97. The summed E-state index contributed by atoms with van der Waals surface area (Å²) in [4.78, 5) is 10.3. The lowest BCUT2D eigenvalue weighted by atomic mass is 9.93. The molecule has 0 saturated heterocycles. The highest BCUT2D eigenvalue weighted by molar-refractivity contribution is 5.99. The zero-order chi connectivity index (χ0) is 32.6. The van der Waals surface area contributed by atoms with Crippen LogP contribution in [0.25, 0.3) is 79.1 Å². The Hall–Kier alpha value is -6.58. The van der Waals surface area contributed by atoms with E-state index < -0.39 is 0 Å². The van der Waals surface area contributed by atoms with Crippen LogP contribution in [0.4, 0.5) is 0 Å². The third-order valence-electron chi connectivity index (χ3n) is 9.14. The lowest BCUT2D eigenvalue weighted by Gasteiger charge is -2.18. The fourth-order valence-corrected chi connectivity index (χ4v) is 6.68. The molecular weight excluding hydrogens is 597 g/mol. The van der Waals surface area contributed by atoms with Crippen molar-refractivity contribution in [2.45, 2.75) is 0 Å². The van der Waals surface area contributed by atoms with Gasteiger partial charge in [0.2, 0.25) is 0 Å². The fourth-order valence-electron chi connectivity index (χ4n) is 6.68. The predicted octanol–water partition coefficient (Wildman–Crippen LogP) is 12.2. The third kappa shape index (κ3) is 5.38. The van der Waals surface area contributed by atoms with Gasteiger partial charge in [-0.3, -0.25) is 0 Å². The van der Waals surface area contributed by atoms with E-state index in [-0.39, 0.29) is 0 Å². The first-order chi connectivity index (χ1) is 24.3. The minimum atomic E-state index is 0.667. The van der Waals surface area contributed by atoms with E-state index in [4.69, 9.17) is 14.7 Å². The van der Waals surface area contributed by atoms with Crippen LogP contribution in [0.15, 0.2) is 170 Å². The average molecular weight is 627 g/mol. The van der Waals surface area contributed by atoms with Gasteiger partial charge >= 0.3 is 0 Å². The van der Waals surface area contributed by atoms with E-state index in [1.807, 2.05) is 42.5 Å². The molecule has 230 valence electrons. The van der Waals surface area contributed by atoms with Gasteiger partial charge in [0.15, 0.2) is 5.82 Å². The number of nitrogens with zero attached hydrogens (tertiary/aromatic N) is 2. The van der Waals surface area contributed by atoms with Gasteiger partial charge in [-0.05, 0) is 51.9 Å². The number of aromatic nitrogens is 2. The quantitative estimate of drug-likeness (QED) is 0.196. The molecule has 1 aliphatic rings. The fraction of sp³-hybridized carbons (Fsp3) is 0. The maximum atomic E-state index is 7.04. The van der Waals surface area contributed by atoms with Gasteiger partial charge in [0.1, 0.15) is 11.5 Å². The summed E-state index contributed by atoms with van der Waals surface area (Å²) in [5, 5.41) is 2.17. The SMILES string of the molecule is C1=C\c2ccc(-c3nc(-c4ccccc4)cc(-c4ccccc4)n3)cc2-c2ccc3ccccc3c2Oc2ccccc2-c2ccccc2/1. The Balaban J connectivity index is 1.30. The van der Waals surface area contributed by atoms with Crippen LogP contribution in [0.5, 0.6) is 11.5 Å². The molecule has 0 atom stereocenters. The highest BCUT2D eigenvalue weighted by Gasteiger charge is 2.20. The molecule has 0 aliphatic carbocycles. The number of rotatable bonds is 3. The molecule has 3 nitrogen and oxygen atoms in total. The van der Waals surface area contributed by atoms with E-state index >= 15 is 0 Å². The van der Waals surface area contributed by atoms with Crippen molar-refractivity contribution in [1.29, 1.82) is 0 Å². The summed E-state index contributed by atoms with van der Waals surface area (Å²) < 4.78 is 7.04. The zero-order valence-corrected chi connectivity index (χ0v) is 26.6. The molecular formula is C46H30N2O. The van der Waals surface area contributed by atoms with Crippen molar-refractivity contribution >= 4 is 22.9 Å². The number of para-hydroxylation sites is 1. The van der Waals surface area contributed by atoms with Gasteiger partial charge < -0.3 is 4.74 Å². The molecule has 0 fully saturated rings. The topological polar surface area (TPSA) is 35.0 Å². The van der Waals surface area contributed by atoms with E-state index in [2.05, 4.69) is 140 Å². The first-order valence-electron chi connectivity index (χ1n) is 16.5. The Morgan fingerprint density at radius 2 is 1.00 bits per heavy atom. The first-order valence-corrected chi connectivity index (χ1v) is 16.5. The summed E-state index contributed by atoms with van der Waals surface area (Å²) in [5.41, 5.74) is 11.2. The summed E-state index contributed by atoms with van der Waals surface area (Å²) in [7, 11) is 0. The Kier molecular flexibility index (Phi) is 7.14. The second-order valence-corrected chi connectivity index (χ2v) is 12.2. The molecule has 0 saturated carbocycles. The number of benzene rings is 7. The first kappa shape index (κ1) is 28.6. The van der Waals surface area contributed by atoms with Crippen molar-refractivity contribution in [3.8, 4) is 67.7 Å². The predicted molar refractivity (Wildman–Crippen MR) is 202 cm³/mol. The molecule has 49 heavy (non-hydrogen) atoms. The summed E-state index contributed by atoms with van der Waals surface area (Å²) in [6, 6.07) is 58.8. The highest BCUT2D eigenvalue weighted by Crippen LogP contribution is 2.45. The van der Waals surface area contributed by atoms with Crippen molar-refractivity contribution in [2.24, 2.45) is 0 Å². The normalized spacial score (nSPS) is 12.4. The molecule has 0 N–H and O–H groups in total. The molecule has 0 radical (unpaired) electrons. The van der Waals surface area contributed by atoms with E-state index in [9.17, 15) is 0 Å². The van der Waals surface area contributed by atoms with E-state index in [0.717, 1.165) is 83.7 Å². The van der Waals surface area contributed by atoms with Crippen molar-refractivity contribution < 1.29 is 4.74 Å². The summed E-state index contributed by atoms with van der Waals surface area (Å²) in [6.45, 7) is 0. The molecule has 7 aromatic carbocycles. The Bertz CT molecular complexity index is 2460. The Labute approximate surface area is 285 Å². The van der Waals surface area contributed by atoms with Crippen LogP contribution in [0.1, 0.15) is 11.1 Å². The molecule has 0 amide bonds. The maximum Gasteiger partial charge on any atom is 0.160 e. The monoisotopic (exact) mass is 626 g/mol. The molecule has 9 rings (SSSR count).